The van der Waals surface area contributed by atoms with Gasteiger partial charge >= 0.3 is 5.97 Å². The average Bonchev–Trinajstić information content (AvgIpc) is 2.36. The predicted octanol–water partition coefficient (Wildman–Crippen LogP) is 3.94. The number of nitrogens with one attached hydrogen (secondary N) is 1. The van der Waals surface area contributed by atoms with Gasteiger partial charge in [-0.15, -0.1) is 0 Å². The Kier molecular flexibility index (Phi) is 5.42. The van der Waals surface area contributed by atoms with Crippen LogP contribution in [0.1, 0.15) is 31.2 Å². The highest BCUT2D eigenvalue weighted by Gasteiger charge is 2.25. The molecule has 2 rings (SSSR count). The van der Waals surface area contributed by atoms with Gasteiger partial charge in [-0.1, -0.05) is 31.9 Å². The lowest BCUT2D eigenvalue weighted by Crippen LogP contribution is -2.34. The van der Waals surface area contributed by atoms with Gasteiger partial charge in [0.25, 0.3) is 0 Å². The van der Waals surface area contributed by atoms with Crippen LogP contribution in [0.5, 0.6) is 0 Å². The maximum absolute atomic E-state index is 10.9. The SMILES string of the molecule is O=C(O)C1CCC(NCc2cc(Br)cc(Br)c2)CC1. The van der Waals surface area contributed by atoms with E-state index < -0.39 is 5.97 Å². The van der Waals surface area contributed by atoms with Gasteiger partial charge in [0.05, 0.1) is 5.92 Å². The molecule has 0 bridgehead atoms. The number of halogens is 2. The molecule has 0 radical (unpaired) electrons. The number of hydrogen-bond donors (Lipinski definition) is 2. The third-order valence-electron chi connectivity index (χ3n) is 3.59. The van der Waals surface area contributed by atoms with Crippen LogP contribution in [0, 0.1) is 5.92 Å². The topological polar surface area (TPSA) is 49.3 Å². The van der Waals surface area contributed by atoms with Crippen LogP contribution in [-0.2, 0) is 11.3 Å². The summed E-state index contributed by atoms with van der Waals surface area (Å²) in [5.74, 6) is -0.785. The normalized spacial score (nSPS) is 23.3. The minimum atomic E-state index is -0.644. The second-order valence-electron chi connectivity index (χ2n) is 5.05. The summed E-state index contributed by atoms with van der Waals surface area (Å²) in [6.45, 7) is 0.820. The van der Waals surface area contributed by atoms with Crippen molar-refractivity contribution >= 4 is 37.8 Å². The molecule has 1 saturated carbocycles. The molecule has 5 heteroatoms. The van der Waals surface area contributed by atoms with E-state index in [0.717, 1.165) is 41.2 Å². The molecule has 0 amide bonds. The highest BCUT2D eigenvalue weighted by atomic mass is 79.9. The third kappa shape index (κ3) is 4.58. The summed E-state index contributed by atoms with van der Waals surface area (Å²) in [5, 5.41) is 12.5. The van der Waals surface area contributed by atoms with Crippen molar-refractivity contribution in [1.82, 2.24) is 5.32 Å². The van der Waals surface area contributed by atoms with Crippen molar-refractivity contribution in [3.8, 4) is 0 Å². The maximum Gasteiger partial charge on any atom is 0.306 e. The molecule has 1 aromatic rings. The van der Waals surface area contributed by atoms with E-state index in [1.165, 1.54) is 5.56 Å². The van der Waals surface area contributed by atoms with E-state index in [-0.39, 0.29) is 5.92 Å². The maximum atomic E-state index is 10.9. The van der Waals surface area contributed by atoms with E-state index in [1.807, 2.05) is 6.07 Å². The van der Waals surface area contributed by atoms with Crippen LogP contribution >= 0.6 is 31.9 Å². The number of aliphatic carboxylic acids is 1. The van der Waals surface area contributed by atoms with Gasteiger partial charge in [0.1, 0.15) is 0 Å². The molecular formula is C14H17Br2NO2. The zero-order valence-corrected chi connectivity index (χ0v) is 13.7. The van der Waals surface area contributed by atoms with Crippen molar-refractivity contribution in [3.63, 3.8) is 0 Å². The van der Waals surface area contributed by atoms with Gasteiger partial charge < -0.3 is 10.4 Å². The lowest BCUT2D eigenvalue weighted by molar-refractivity contribution is -0.142. The number of benzene rings is 1. The van der Waals surface area contributed by atoms with E-state index in [1.54, 1.807) is 0 Å². The first-order valence-electron chi connectivity index (χ1n) is 6.46. The van der Waals surface area contributed by atoms with Crippen LogP contribution in [0.15, 0.2) is 27.1 Å². The average molecular weight is 391 g/mol. The molecule has 0 unspecified atom stereocenters. The highest BCUT2D eigenvalue weighted by molar-refractivity contribution is 9.11. The van der Waals surface area contributed by atoms with Crippen molar-refractivity contribution in [2.45, 2.75) is 38.3 Å². The van der Waals surface area contributed by atoms with Gasteiger partial charge in [-0.25, -0.2) is 0 Å². The molecule has 3 nitrogen and oxygen atoms in total. The van der Waals surface area contributed by atoms with Gasteiger partial charge in [-0.2, -0.15) is 0 Å². The first kappa shape index (κ1) is 15.0. The number of hydrogen-bond acceptors (Lipinski definition) is 2. The lowest BCUT2D eigenvalue weighted by Gasteiger charge is -2.27. The summed E-state index contributed by atoms with van der Waals surface area (Å²) < 4.78 is 2.13. The van der Waals surface area contributed by atoms with E-state index in [4.69, 9.17) is 5.11 Å². The number of carbonyl (C=O) groups is 1. The summed E-state index contributed by atoms with van der Waals surface area (Å²) in [6, 6.07) is 6.65. The van der Waals surface area contributed by atoms with Gasteiger partial charge in [-0.05, 0) is 49.4 Å². The Morgan fingerprint density at radius 2 is 1.74 bits per heavy atom. The van der Waals surface area contributed by atoms with Gasteiger partial charge in [-0.3, -0.25) is 4.79 Å². The second kappa shape index (κ2) is 6.86. The quantitative estimate of drug-likeness (QED) is 0.818. The molecule has 1 fully saturated rings. The molecule has 0 aliphatic heterocycles. The first-order chi connectivity index (χ1) is 9.04. The number of carboxylic acid groups (broad SMARTS) is 1. The Balaban J connectivity index is 1.82. The molecule has 1 aromatic carbocycles. The Morgan fingerprint density at radius 1 is 1.16 bits per heavy atom. The fraction of sp³-hybridized carbons (Fsp3) is 0.500. The van der Waals surface area contributed by atoms with Crippen molar-refractivity contribution in [2.75, 3.05) is 0 Å². The van der Waals surface area contributed by atoms with Crippen LogP contribution < -0.4 is 5.32 Å². The molecule has 0 atom stereocenters. The Bertz CT molecular complexity index is 437. The lowest BCUT2D eigenvalue weighted by atomic mass is 9.86. The summed E-state index contributed by atoms with van der Waals surface area (Å²) in [6.07, 6.45) is 3.47. The van der Waals surface area contributed by atoms with Gasteiger partial charge in [0.15, 0.2) is 0 Å². The van der Waals surface area contributed by atoms with Crippen LogP contribution in [0.4, 0.5) is 0 Å². The second-order valence-corrected chi connectivity index (χ2v) is 6.88. The Labute approximate surface area is 130 Å². The third-order valence-corrected chi connectivity index (χ3v) is 4.51. The van der Waals surface area contributed by atoms with Crippen molar-refractivity contribution in [2.24, 2.45) is 5.92 Å². The van der Waals surface area contributed by atoms with E-state index in [2.05, 4.69) is 49.3 Å². The molecule has 1 aliphatic rings. The molecule has 19 heavy (non-hydrogen) atoms. The summed E-state index contributed by atoms with van der Waals surface area (Å²) in [4.78, 5) is 10.9. The van der Waals surface area contributed by atoms with Gasteiger partial charge in [0, 0.05) is 21.5 Å². The number of carboxylic acids is 1. The molecule has 0 heterocycles. The molecule has 1 aliphatic carbocycles. The van der Waals surface area contributed by atoms with Crippen LogP contribution in [0.2, 0.25) is 0 Å². The summed E-state index contributed by atoms with van der Waals surface area (Å²) >= 11 is 6.96. The van der Waals surface area contributed by atoms with Crippen molar-refractivity contribution in [1.29, 1.82) is 0 Å². The Hall–Kier alpha value is -0.390. The van der Waals surface area contributed by atoms with E-state index in [0.29, 0.717) is 6.04 Å². The zero-order chi connectivity index (χ0) is 13.8. The van der Waals surface area contributed by atoms with Crippen LogP contribution in [0.25, 0.3) is 0 Å². The van der Waals surface area contributed by atoms with Gasteiger partial charge in [0.2, 0.25) is 0 Å². The standard InChI is InChI=1S/C14H17Br2NO2/c15-11-5-9(6-12(16)7-11)8-17-13-3-1-10(2-4-13)14(18)19/h5-7,10,13,17H,1-4,8H2,(H,18,19). The molecule has 104 valence electrons. The summed E-state index contributed by atoms with van der Waals surface area (Å²) in [7, 11) is 0. The van der Waals surface area contributed by atoms with Crippen LogP contribution in [0.3, 0.4) is 0 Å². The molecular weight excluding hydrogens is 374 g/mol. The van der Waals surface area contributed by atoms with Crippen molar-refractivity contribution in [3.05, 3.63) is 32.7 Å². The fourth-order valence-corrected chi connectivity index (χ4v) is 3.91. The smallest absolute Gasteiger partial charge is 0.306 e. The minimum absolute atomic E-state index is 0.141. The van der Waals surface area contributed by atoms with Crippen LogP contribution in [-0.4, -0.2) is 17.1 Å². The zero-order valence-electron chi connectivity index (χ0n) is 10.5. The summed E-state index contributed by atoms with van der Waals surface area (Å²) in [5.41, 5.74) is 1.22. The molecule has 2 N–H and O–H groups in total. The van der Waals surface area contributed by atoms with E-state index in [9.17, 15) is 4.79 Å². The number of rotatable bonds is 4. The molecule has 0 spiro atoms. The fourth-order valence-electron chi connectivity index (χ4n) is 2.52. The minimum Gasteiger partial charge on any atom is -0.481 e. The molecule has 0 saturated heterocycles. The highest BCUT2D eigenvalue weighted by Crippen LogP contribution is 2.25. The predicted molar refractivity (Wildman–Crippen MR) is 82.1 cm³/mol. The largest absolute Gasteiger partial charge is 0.481 e. The first-order valence-corrected chi connectivity index (χ1v) is 8.04. The van der Waals surface area contributed by atoms with E-state index >= 15 is 0 Å². The molecule has 0 aromatic heterocycles. The monoisotopic (exact) mass is 389 g/mol. The van der Waals surface area contributed by atoms with Crippen molar-refractivity contribution < 1.29 is 9.90 Å². The Morgan fingerprint density at radius 3 is 2.26 bits per heavy atom.